The van der Waals surface area contributed by atoms with E-state index in [0.717, 1.165) is 18.4 Å². The number of benzene rings is 1. The van der Waals surface area contributed by atoms with E-state index in [2.05, 4.69) is 13.8 Å². The number of esters is 1. The van der Waals surface area contributed by atoms with Gasteiger partial charge in [0.15, 0.2) is 5.60 Å². The van der Waals surface area contributed by atoms with Crippen LogP contribution in [0.15, 0.2) is 48.1 Å². The highest BCUT2D eigenvalue weighted by Gasteiger charge is 2.71. The van der Waals surface area contributed by atoms with Crippen molar-refractivity contribution in [3.05, 3.63) is 53.6 Å². The van der Waals surface area contributed by atoms with Crippen LogP contribution in [0.5, 0.6) is 0 Å². The highest BCUT2D eigenvalue weighted by Crippen LogP contribution is 2.64. The first-order valence-corrected chi connectivity index (χ1v) is 12.7. The number of allylic oxidation sites excluding steroid dienone is 1. The maximum absolute atomic E-state index is 14.2. The zero-order valence-electron chi connectivity index (χ0n) is 20.9. The number of aliphatic hydroxyl groups excluding tert-OH is 2. The van der Waals surface area contributed by atoms with Crippen LogP contribution in [0.2, 0.25) is 0 Å². The first-order chi connectivity index (χ1) is 16.5. The monoisotopic (exact) mass is 480 g/mol. The molecule has 1 aromatic carbocycles. The molecule has 5 rings (SSSR count). The van der Waals surface area contributed by atoms with E-state index < -0.39 is 47.7 Å². The summed E-state index contributed by atoms with van der Waals surface area (Å²) < 4.78 is 12.3. The lowest BCUT2D eigenvalue weighted by atomic mass is 9.77. The van der Waals surface area contributed by atoms with Gasteiger partial charge in [0.1, 0.15) is 0 Å². The summed E-state index contributed by atoms with van der Waals surface area (Å²) in [6, 6.07) is 9.38. The number of aliphatic hydroxyl groups is 2. The van der Waals surface area contributed by atoms with Gasteiger partial charge in [-0.25, -0.2) is 4.79 Å². The minimum atomic E-state index is -1.59. The van der Waals surface area contributed by atoms with Gasteiger partial charge in [-0.2, -0.15) is 0 Å². The molecule has 8 atom stereocenters. The second-order valence-corrected chi connectivity index (χ2v) is 11.8. The zero-order valence-corrected chi connectivity index (χ0v) is 20.9. The van der Waals surface area contributed by atoms with Crippen LogP contribution in [-0.4, -0.2) is 52.0 Å². The molecule has 3 aliphatic carbocycles. The van der Waals surface area contributed by atoms with E-state index >= 15 is 0 Å². The number of hydrogen-bond acceptors (Lipinski definition) is 6. The SMILES string of the molecule is C[C@H]1C[C@]2(OC(=O)/C=C/c3ccccc3)C(=O)/C(CO)=C\[C@@H]3[C@H](CC[C@]4(C)O[C@@H]4[C@H]2[C@H]1O)C3(C)C. The summed E-state index contributed by atoms with van der Waals surface area (Å²) >= 11 is 0. The quantitative estimate of drug-likeness (QED) is 0.388. The molecule has 0 aromatic heterocycles. The Morgan fingerprint density at radius 3 is 2.63 bits per heavy atom. The van der Waals surface area contributed by atoms with Gasteiger partial charge in [-0.1, -0.05) is 57.2 Å². The average Bonchev–Trinajstić information content (AvgIpc) is 3.60. The molecule has 6 heteroatoms. The highest BCUT2D eigenvalue weighted by atomic mass is 16.6. The number of hydrogen-bond donors (Lipinski definition) is 2. The van der Waals surface area contributed by atoms with Crippen molar-refractivity contribution in [1.29, 1.82) is 0 Å². The molecular formula is C29H36O6. The van der Waals surface area contributed by atoms with E-state index in [1.165, 1.54) is 6.08 Å². The molecule has 0 radical (unpaired) electrons. The van der Waals surface area contributed by atoms with Crippen molar-refractivity contribution >= 4 is 17.8 Å². The molecule has 4 aliphatic rings. The summed E-state index contributed by atoms with van der Waals surface area (Å²) in [5, 5.41) is 21.5. The van der Waals surface area contributed by atoms with Gasteiger partial charge in [0.25, 0.3) is 0 Å². The fourth-order valence-corrected chi connectivity index (χ4v) is 6.84. The molecule has 1 aliphatic heterocycles. The molecule has 2 N–H and O–H groups in total. The predicted octanol–water partition coefficient (Wildman–Crippen LogP) is 3.71. The van der Waals surface area contributed by atoms with E-state index in [1.54, 1.807) is 6.08 Å². The van der Waals surface area contributed by atoms with Crippen LogP contribution in [0, 0.1) is 29.1 Å². The lowest BCUT2D eigenvalue weighted by Gasteiger charge is -2.34. The first kappa shape index (κ1) is 24.4. The summed E-state index contributed by atoms with van der Waals surface area (Å²) in [5.41, 5.74) is -0.929. The van der Waals surface area contributed by atoms with Crippen molar-refractivity contribution in [2.24, 2.45) is 29.1 Å². The minimum absolute atomic E-state index is 0.0325. The highest BCUT2D eigenvalue weighted by molar-refractivity contribution is 6.04. The van der Waals surface area contributed by atoms with Crippen LogP contribution < -0.4 is 0 Å². The van der Waals surface area contributed by atoms with Crippen molar-refractivity contribution < 1.29 is 29.3 Å². The standard InChI is InChI=1S/C29H36O6/c1-17-15-29(34-22(31)11-10-18-8-6-5-7-9-18)23(24(17)32)26-28(4,35-26)13-12-20-21(27(20,2)3)14-19(16-30)25(29)33/h5-11,14,17,20-21,23-24,26,30,32H,12-13,15-16H2,1-4H3/b11-10+,19-14-/t17-,20-,21+,23+,24-,26+,28-,29+/m0/s1. The number of ether oxygens (including phenoxy) is 2. The molecule has 3 fully saturated rings. The molecule has 0 amide bonds. The zero-order chi connectivity index (χ0) is 25.2. The van der Waals surface area contributed by atoms with Crippen LogP contribution in [0.4, 0.5) is 0 Å². The van der Waals surface area contributed by atoms with Gasteiger partial charge in [0.05, 0.1) is 30.3 Å². The Morgan fingerprint density at radius 2 is 1.94 bits per heavy atom. The van der Waals surface area contributed by atoms with Crippen LogP contribution in [0.1, 0.15) is 52.5 Å². The van der Waals surface area contributed by atoms with E-state index in [9.17, 15) is 19.8 Å². The molecule has 188 valence electrons. The van der Waals surface area contributed by atoms with Crippen molar-refractivity contribution in [2.75, 3.05) is 6.61 Å². The van der Waals surface area contributed by atoms with Gasteiger partial charge in [-0.15, -0.1) is 0 Å². The van der Waals surface area contributed by atoms with Gasteiger partial charge in [-0.05, 0) is 54.6 Å². The third-order valence-corrected chi connectivity index (χ3v) is 9.19. The Bertz CT molecular complexity index is 1070. The third kappa shape index (κ3) is 4.00. The van der Waals surface area contributed by atoms with E-state index in [-0.39, 0.29) is 29.2 Å². The van der Waals surface area contributed by atoms with Crippen LogP contribution in [0.25, 0.3) is 6.08 Å². The number of rotatable bonds is 4. The maximum atomic E-state index is 14.2. The number of Topliss-reactive ketones (excluding diaryl/α,β-unsaturated/α-hetero) is 1. The molecule has 0 spiro atoms. The molecule has 1 aromatic rings. The van der Waals surface area contributed by atoms with Gasteiger partial charge in [-0.3, -0.25) is 4.79 Å². The van der Waals surface area contributed by atoms with Crippen LogP contribution in [0.3, 0.4) is 0 Å². The Hall–Kier alpha value is -2.28. The summed E-state index contributed by atoms with van der Waals surface area (Å²) in [7, 11) is 0. The Labute approximate surface area is 207 Å². The molecule has 1 saturated heterocycles. The van der Waals surface area contributed by atoms with Crippen LogP contribution in [-0.2, 0) is 19.1 Å². The smallest absolute Gasteiger partial charge is 0.331 e. The Morgan fingerprint density at radius 1 is 1.23 bits per heavy atom. The molecule has 0 bridgehead atoms. The van der Waals surface area contributed by atoms with E-state index in [0.29, 0.717) is 5.92 Å². The first-order valence-electron chi connectivity index (χ1n) is 12.7. The lowest BCUT2D eigenvalue weighted by Crippen LogP contribution is -2.52. The van der Waals surface area contributed by atoms with Gasteiger partial charge < -0.3 is 19.7 Å². The normalized spacial score (nSPS) is 43.3. The Balaban J connectivity index is 1.55. The minimum Gasteiger partial charge on any atom is -0.447 e. The summed E-state index contributed by atoms with van der Waals surface area (Å²) in [5.74, 6) is -1.45. The predicted molar refractivity (Wildman–Crippen MR) is 131 cm³/mol. The second-order valence-electron chi connectivity index (χ2n) is 11.8. The molecule has 2 saturated carbocycles. The average molecular weight is 481 g/mol. The van der Waals surface area contributed by atoms with Gasteiger partial charge in [0, 0.05) is 18.1 Å². The topological polar surface area (TPSA) is 96.4 Å². The largest absolute Gasteiger partial charge is 0.447 e. The molecule has 0 unspecified atom stereocenters. The summed E-state index contributed by atoms with van der Waals surface area (Å²) in [4.78, 5) is 27.3. The van der Waals surface area contributed by atoms with Gasteiger partial charge >= 0.3 is 5.97 Å². The lowest BCUT2D eigenvalue weighted by molar-refractivity contribution is -0.168. The second kappa shape index (κ2) is 8.39. The fourth-order valence-electron chi connectivity index (χ4n) is 6.84. The molecular weight excluding hydrogens is 444 g/mol. The van der Waals surface area contributed by atoms with Crippen molar-refractivity contribution in [3.8, 4) is 0 Å². The van der Waals surface area contributed by atoms with Crippen LogP contribution >= 0.6 is 0 Å². The molecule has 1 heterocycles. The summed E-state index contributed by atoms with van der Waals surface area (Å²) in [6.45, 7) is 7.84. The number of carbonyl (C=O) groups is 2. The van der Waals surface area contributed by atoms with Gasteiger partial charge in [0.2, 0.25) is 5.78 Å². The number of epoxide rings is 1. The Kier molecular flexibility index (Phi) is 5.86. The maximum Gasteiger partial charge on any atom is 0.331 e. The number of ketones is 1. The number of carbonyl (C=O) groups excluding carboxylic acids is 2. The third-order valence-electron chi connectivity index (χ3n) is 9.19. The van der Waals surface area contributed by atoms with E-state index in [4.69, 9.17) is 9.47 Å². The molecule has 6 nitrogen and oxygen atoms in total. The molecule has 35 heavy (non-hydrogen) atoms. The number of fused-ring (bicyclic) bond motifs is 4. The van der Waals surface area contributed by atoms with Crippen molar-refractivity contribution in [2.45, 2.75) is 70.4 Å². The van der Waals surface area contributed by atoms with Crippen molar-refractivity contribution in [3.63, 3.8) is 0 Å². The van der Waals surface area contributed by atoms with E-state index in [1.807, 2.05) is 50.3 Å². The summed E-state index contributed by atoms with van der Waals surface area (Å²) in [6.07, 6.45) is 5.56. The van der Waals surface area contributed by atoms with Crippen molar-refractivity contribution in [1.82, 2.24) is 0 Å². The fraction of sp³-hybridized carbons (Fsp3) is 0.586.